The maximum atomic E-state index is 5.42. The molecule has 4 N–H and O–H groups in total. The highest BCUT2D eigenvalue weighted by Crippen LogP contribution is 2.09. The molecular weight excluding hydrogens is 196 g/mol. The second-order valence-electron chi connectivity index (χ2n) is 4.38. The Balaban J connectivity index is 0. The topological polar surface area (TPSA) is 52.0 Å². The Kier molecular flexibility index (Phi) is 23.3. The van der Waals surface area contributed by atoms with Crippen LogP contribution in [-0.2, 0) is 0 Å². The maximum absolute atomic E-state index is 5.42. The normalized spacial score (nSPS) is 9.75. The van der Waals surface area contributed by atoms with Crippen molar-refractivity contribution >= 4 is 0 Å². The van der Waals surface area contributed by atoms with Crippen LogP contribution in [0.3, 0.4) is 0 Å². The first-order valence-corrected chi connectivity index (χ1v) is 7.23. The average molecular weight is 230 g/mol. The van der Waals surface area contributed by atoms with E-state index >= 15 is 0 Å². The minimum atomic E-state index is 0.750. The molecule has 0 aromatic carbocycles. The van der Waals surface area contributed by atoms with Crippen molar-refractivity contribution in [2.45, 2.75) is 78.1 Å². The number of nitrogens with two attached hydrogens (primary N) is 2. The van der Waals surface area contributed by atoms with Gasteiger partial charge in [-0.1, -0.05) is 71.6 Å². The molecule has 0 spiro atoms. The van der Waals surface area contributed by atoms with Gasteiger partial charge in [0.2, 0.25) is 0 Å². The summed E-state index contributed by atoms with van der Waals surface area (Å²) < 4.78 is 0. The average Bonchev–Trinajstić information content (AvgIpc) is 2.28. The van der Waals surface area contributed by atoms with Crippen LogP contribution in [0.4, 0.5) is 0 Å². The van der Waals surface area contributed by atoms with Crippen LogP contribution in [-0.4, -0.2) is 13.1 Å². The molecule has 0 aromatic heterocycles. The van der Waals surface area contributed by atoms with Gasteiger partial charge < -0.3 is 11.5 Å². The first-order chi connectivity index (χ1) is 7.83. The molecule has 0 bridgehead atoms. The predicted molar refractivity (Wildman–Crippen MR) is 75.6 cm³/mol. The predicted octanol–water partition coefficient (Wildman–Crippen LogP) is 3.83. The van der Waals surface area contributed by atoms with Crippen molar-refractivity contribution in [3.8, 4) is 0 Å². The Hall–Kier alpha value is -0.0800. The molecule has 0 aliphatic heterocycles. The second-order valence-corrected chi connectivity index (χ2v) is 4.38. The van der Waals surface area contributed by atoms with Crippen molar-refractivity contribution in [1.29, 1.82) is 0 Å². The first kappa shape index (κ1) is 18.3. The van der Waals surface area contributed by atoms with E-state index in [1.54, 1.807) is 0 Å². The minimum absolute atomic E-state index is 0.750. The van der Waals surface area contributed by atoms with E-state index in [4.69, 9.17) is 11.5 Å². The summed E-state index contributed by atoms with van der Waals surface area (Å²) in [5.41, 5.74) is 10.3. The summed E-state index contributed by atoms with van der Waals surface area (Å²) in [5.74, 6) is 0. The van der Waals surface area contributed by atoms with Crippen LogP contribution in [0, 0.1) is 0 Å². The third-order valence-corrected chi connectivity index (χ3v) is 2.56. The van der Waals surface area contributed by atoms with E-state index in [-0.39, 0.29) is 0 Å². The molecule has 0 rings (SSSR count). The lowest BCUT2D eigenvalue weighted by atomic mass is 10.1. The summed E-state index contributed by atoms with van der Waals surface area (Å²) in [6, 6.07) is 0. The Morgan fingerprint density at radius 2 is 0.875 bits per heavy atom. The molecule has 16 heavy (non-hydrogen) atoms. The van der Waals surface area contributed by atoms with Crippen molar-refractivity contribution in [1.82, 2.24) is 0 Å². The number of unbranched alkanes of at least 4 members (excludes halogenated alkanes) is 9. The Morgan fingerprint density at radius 1 is 0.562 bits per heavy atom. The molecule has 0 saturated heterocycles. The SMILES string of the molecule is CCCCCCCCCCCCN.CCN. The van der Waals surface area contributed by atoms with E-state index in [1.807, 2.05) is 6.92 Å². The fraction of sp³-hybridized carbons (Fsp3) is 1.00. The van der Waals surface area contributed by atoms with Gasteiger partial charge in [-0.2, -0.15) is 0 Å². The van der Waals surface area contributed by atoms with Crippen LogP contribution < -0.4 is 11.5 Å². The molecule has 0 aliphatic carbocycles. The van der Waals surface area contributed by atoms with E-state index in [9.17, 15) is 0 Å². The Labute approximate surface area is 103 Å². The molecule has 0 radical (unpaired) electrons. The smallest absolute Gasteiger partial charge is 0.00773 e. The lowest BCUT2D eigenvalue weighted by molar-refractivity contribution is 0.558. The Bertz CT molecular complexity index is 84.7. The van der Waals surface area contributed by atoms with Crippen molar-refractivity contribution in [3.05, 3.63) is 0 Å². The highest BCUT2D eigenvalue weighted by atomic mass is 14.5. The standard InChI is InChI=1S/C12H27N.C2H7N/c1-2-3-4-5-6-7-8-9-10-11-12-13;1-2-3/h2-13H2,1H3;2-3H2,1H3. The van der Waals surface area contributed by atoms with Gasteiger partial charge in [-0.25, -0.2) is 0 Å². The number of rotatable bonds is 10. The molecule has 2 heteroatoms. The highest BCUT2D eigenvalue weighted by Gasteiger charge is 1.91. The quantitative estimate of drug-likeness (QED) is 0.560. The lowest BCUT2D eigenvalue weighted by Gasteiger charge is -2.00. The largest absolute Gasteiger partial charge is 0.331 e. The number of hydrogen-bond donors (Lipinski definition) is 2. The Morgan fingerprint density at radius 3 is 1.19 bits per heavy atom. The van der Waals surface area contributed by atoms with Crippen LogP contribution in [0.25, 0.3) is 0 Å². The third-order valence-electron chi connectivity index (χ3n) is 2.56. The molecule has 0 saturated carbocycles. The van der Waals surface area contributed by atoms with Gasteiger partial charge in [0, 0.05) is 0 Å². The van der Waals surface area contributed by atoms with E-state index in [1.165, 1.54) is 64.2 Å². The summed E-state index contributed by atoms with van der Waals surface area (Å²) in [7, 11) is 0. The van der Waals surface area contributed by atoms with Crippen LogP contribution in [0.15, 0.2) is 0 Å². The fourth-order valence-corrected chi connectivity index (χ4v) is 1.63. The zero-order valence-corrected chi connectivity index (χ0v) is 11.6. The van der Waals surface area contributed by atoms with Crippen molar-refractivity contribution in [2.75, 3.05) is 13.1 Å². The second kappa shape index (κ2) is 20.3. The number of hydrogen-bond acceptors (Lipinski definition) is 2. The van der Waals surface area contributed by atoms with E-state index in [0.29, 0.717) is 0 Å². The van der Waals surface area contributed by atoms with Crippen molar-refractivity contribution in [3.63, 3.8) is 0 Å². The molecule has 0 amide bonds. The molecule has 0 heterocycles. The van der Waals surface area contributed by atoms with E-state index < -0.39 is 0 Å². The van der Waals surface area contributed by atoms with Crippen molar-refractivity contribution in [2.24, 2.45) is 11.5 Å². The maximum Gasteiger partial charge on any atom is -0.00773 e. The molecule has 100 valence electrons. The molecule has 0 atom stereocenters. The third kappa shape index (κ3) is 23.6. The van der Waals surface area contributed by atoms with Gasteiger partial charge >= 0.3 is 0 Å². The molecule has 0 aromatic rings. The summed E-state index contributed by atoms with van der Waals surface area (Å²) in [4.78, 5) is 0. The minimum Gasteiger partial charge on any atom is -0.331 e. The molecule has 0 fully saturated rings. The van der Waals surface area contributed by atoms with E-state index in [0.717, 1.165) is 13.1 Å². The highest BCUT2D eigenvalue weighted by molar-refractivity contribution is 4.47. The van der Waals surface area contributed by atoms with Crippen LogP contribution >= 0.6 is 0 Å². The van der Waals surface area contributed by atoms with E-state index in [2.05, 4.69) is 6.92 Å². The van der Waals surface area contributed by atoms with Crippen molar-refractivity contribution < 1.29 is 0 Å². The fourth-order valence-electron chi connectivity index (χ4n) is 1.63. The summed E-state index contributed by atoms with van der Waals surface area (Å²) in [6.45, 7) is 5.79. The monoisotopic (exact) mass is 230 g/mol. The summed E-state index contributed by atoms with van der Waals surface area (Å²) >= 11 is 0. The zero-order valence-electron chi connectivity index (χ0n) is 11.6. The molecule has 0 unspecified atom stereocenters. The van der Waals surface area contributed by atoms with Crippen LogP contribution in [0.1, 0.15) is 78.1 Å². The zero-order chi connectivity index (χ0) is 12.5. The van der Waals surface area contributed by atoms with Crippen LogP contribution in [0.5, 0.6) is 0 Å². The summed E-state index contributed by atoms with van der Waals surface area (Å²) in [6.07, 6.45) is 13.9. The van der Waals surface area contributed by atoms with Gasteiger partial charge in [0.25, 0.3) is 0 Å². The van der Waals surface area contributed by atoms with Gasteiger partial charge in [0.05, 0.1) is 0 Å². The van der Waals surface area contributed by atoms with Gasteiger partial charge in [-0.3, -0.25) is 0 Å². The first-order valence-electron chi connectivity index (χ1n) is 7.23. The molecule has 0 aliphatic rings. The van der Waals surface area contributed by atoms with Gasteiger partial charge in [-0.05, 0) is 19.5 Å². The van der Waals surface area contributed by atoms with Gasteiger partial charge in [0.15, 0.2) is 0 Å². The van der Waals surface area contributed by atoms with Gasteiger partial charge in [0.1, 0.15) is 0 Å². The molecule has 2 nitrogen and oxygen atoms in total. The van der Waals surface area contributed by atoms with Gasteiger partial charge in [-0.15, -0.1) is 0 Å². The lowest BCUT2D eigenvalue weighted by Crippen LogP contribution is -1.97. The summed E-state index contributed by atoms with van der Waals surface area (Å²) in [5, 5.41) is 0. The van der Waals surface area contributed by atoms with Crippen LogP contribution in [0.2, 0.25) is 0 Å². The molecular formula is C14H34N2.